The van der Waals surface area contributed by atoms with Gasteiger partial charge in [0, 0.05) is 0 Å². The summed E-state index contributed by atoms with van der Waals surface area (Å²) in [6.07, 6.45) is 4.28. The van der Waals surface area contributed by atoms with Crippen LogP contribution in [0.3, 0.4) is 0 Å². The van der Waals surface area contributed by atoms with E-state index in [2.05, 4.69) is 110 Å². The molecule has 168 valence electrons. The van der Waals surface area contributed by atoms with Crippen molar-refractivity contribution in [2.45, 2.75) is 32.6 Å². The minimum atomic E-state index is 0.947. The van der Waals surface area contributed by atoms with Gasteiger partial charge in [0.05, 0.1) is 0 Å². The highest BCUT2D eigenvalue weighted by Gasteiger charge is 2.16. The minimum Gasteiger partial charge on any atom is -0.0613 e. The molecule has 0 saturated carbocycles. The van der Waals surface area contributed by atoms with Crippen molar-refractivity contribution in [2.24, 2.45) is 0 Å². The lowest BCUT2D eigenvalue weighted by Crippen LogP contribution is -1.96. The Balaban J connectivity index is 1.31. The Morgan fingerprint density at radius 1 is 0.486 bits per heavy atom. The quantitative estimate of drug-likeness (QED) is 0.253. The van der Waals surface area contributed by atoms with Crippen LogP contribution >= 0.6 is 0 Å². The Bertz CT molecular complexity index is 1740. The number of rotatable bonds is 4. The van der Waals surface area contributed by atoms with Crippen molar-refractivity contribution in [3.8, 4) is 0 Å². The van der Waals surface area contributed by atoms with Gasteiger partial charge in [-0.2, -0.15) is 0 Å². The third-order valence-electron chi connectivity index (χ3n) is 7.96. The van der Waals surface area contributed by atoms with Crippen molar-refractivity contribution in [2.75, 3.05) is 0 Å². The molecule has 0 amide bonds. The van der Waals surface area contributed by atoms with Crippen molar-refractivity contribution in [1.29, 1.82) is 0 Å². The molecule has 7 rings (SSSR count). The smallest absolute Gasteiger partial charge is 0.00135 e. The van der Waals surface area contributed by atoms with E-state index in [1.54, 1.807) is 0 Å². The van der Waals surface area contributed by atoms with E-state index < -0.39 is 0 Å². The van der Waals surface area contributed by atoms with Crippen LogP contribution in [0.1, 0.15) is 38.9 Å². The average Bonchev–Trinajstić information content (AvgIpc) is 3.31. The van der Waals surface area contributed by atoms with Gasteiger partial charge in [0.1, 0.15) is 0 Å². The number of benzene rings is 6. The van der Waals surface area contributed by atoms with Crippen LogP contribution < -0.4 is 0 Å². The summed E-state index contributed by atoms with van der Waals surface area (Å²) in [4.78, 5) is 0. The lowest BCUT2D eigenvalue weighted by atomic mass is 9.90. The van der Waals surface area contributed by atoms with Gasteiger partial charge in [0.2, 0.25) is 0 Å². The highest BCUT2D eigenvalue weighted by Crippen LogP contribution is 2.35. The number of fused-ring (bicyclic) bond motifs is 2. The fourth-order valence-corrected chi connectivity index (χ4v) is 6.24. The molecule has 6 aromatic rings. The predicted molar refractivity (Wildman–Crippen MR) is 150 cm³/mol. The van der Waals surface area contributed by atoms with Crippen LogP contribution in [0.15, 0.2) is 103 Å². The zero-order chi connectivity index (χ0) is 23.4. The van der Waals surface area contributed by atoms with Crippen molar-refractivity contribution in [1.82, 2.24) is 0 Å². The van der Waals surface area contributed by atoms with Crippen molar-refractivity contribution in [3.05, 3.63) is 142 Å². The first kappa shape index (κ1) is 20.5. The van der Waals surface area contributed by atoms with Crippen LogP contribution in [0.2, 0.25) is 0 Å². The zero-order valence-electron chi connectivity index (χ0n) is 20.1. The topological polar surface area (TPSA) is 0 Å². The van der Waals surface area contributed by atoms with E-state index in [1.807, 2.05) is 0 Å². The molecule has 0 unspecified atom stereocenters. The third kappa shape index (κ3) is 3.44. The minimum absolute atomic E-state index is 0.947. The molecule has 0 bridgehead atoms. The summed E-state index contributed by atoms with van der Waals surface area (Å²) in [6.45, 7) is 2.17. The van der Waals surface area contributed by atoms with E-state index >= 15 is 0 Å². The maximum absolute atomic E-state index is 2.37. The van der Waals surface area contributed by atoms with Crippen LogP contribution in [-0.4, -0.2) is 0 Å². The largest absolute Gasteiger partial charge is 0.0613 e. The van der Waals surface area contributed by atoms with Gasteiger partial charge in [-0.15, -0.1) is 0 Å². The summed E-state index contributed by atoms with van der Waals surface area (Å²) in [5, 5.41) is 8.40. The zero-order valence-corrected chi connectivity index (χ0v) is 20.1. The van der Waals surface area contributed by atoms with Crippen LogP contribution in [-0.2, 0) is 25.7 Å². The molecule has 35 heavy (non-hydrogen) atoms. The molecular formula is C35H28. The molecule has 0 saturated heterocycles. The molecule has 0 fully saturated rings. The standard InChI is InChI=1S/C35H28/c1-23-14-19-31-26(20-23)7-2-8-27(31)21-28-9-4-12-33-29(10-5-11-32(28)33)22-30-18-17-25-16-15-24-6-3-13-34(30)35(24)25/h2-14,17-20H,15-16,21-22H2,1H3. The summed E-state index contributed by atoms with van der Waals surface area (Å²) in [7, 11) is 0. The Labute approximate surface area is 206 Å². The first-order valence-corrected chi connectivity index (χ1v) is 12.7. The lowest BCUT2D eigenvalue weighted by Gasteiger charge is -2.14. The molecule has 1 aliphatic carbocycles. The fraction of sp³-hybridized carbons (Fsp3) is 0.143. The van der Waals surface area contributed by atoms with Crippen molar-refractivity contribution < 1.29 is 0 Å². The van der Waals surface area contributed by atoms with Crippen molar-refractivity contribution >= 4 is 32.3 Å². The van der Waals surface area contributed by atoms with Crippen LogP contribution in [0.25, 0.3) is 32.3 Å². The monoisotopic (exact) mass is 448 g/mol. The van der Waals surface area contributed by atoms with Crippen LogP contribution in [0.4, 0.5) is 0 Å². The van der Waals surface area contributed by atoms with Crippen molar-refractivity contribution in [3.63, 3.8) is 0 Å². The molecule has 0 radical (unpaired) electrons. The summed E-state index contributed by atoms with van der Waals surface area (Å²) < 4.78 is 0. The highest BCUT2D eigenvalue weighted by molar-refractivity contribution is 5.95. The molecule has 0 nitrogen and oxygen atoms in total. The first-order chi connectivity index (χ1) is 17.2. The van der Waals surface area contributed by atoms with E-state index in [0.717, 1.165) is 12.8 Å². The maximum atomic E-state index is 2.37. The molecule has 1 aliphatic rings. The summed E-state index contributed by atoms with van der Waals surface area (Å²) in [5.74, 6) is 0. The molecule has 6 aromatic carbocycles. The lowest BCUT2D eigenvalue weighted by molar-refractivity contribution is 1.02. The second-order valence-electron chi connectivity index (χ2n) is 10.1. The van der Waals surface area contributed by atoms with Gasteiger partial charge in [-0.25, -0.2) is 0 Å². The van der Waals surface area contributed by atoms with Gasteiger partial charge in [-0.05, 0) is 98.3 Å². The van der Waals surface area contributed by atoms with Gasteiger partial charge in [0.15, 0.2) is 0 Å². The maximum Gasteiger partial charge on any atom is -0.00135 e. The fourth-order valence-electron chi connectivity index (χ4n) is 6.24. The Kier molecular flexibility index (Phi) is 4.74. The molecule has 0 aromatic heterocycles. The molecular weight excluding hydrogens is 420 g/mol. The van der Waals surface area contributed by atoms with Crippen LogP contribution in [0.5, 0.6) is 0 Å². The van der Waals surface area contributed by atoms with Gasteiger partial charge in [-0.3, -0.25) is 0 Å². The van der Waals surface area contributed by atoms with E-state index in [4.69, 9.17) is 0 Å². The van der Waals surface area contributed by atoms with E-state index in [0.29, 0.717) is 0 Å². The Hall–Kier alpha value is -3.90. The van der Waals surface area contributed by atoms with Gasteiger partial charge >= 0.3 is 0 Å². The van der Waals surface area contributed by atoms with Gasteiger partial charge in [0.25, 0.3) is 0 Å². The molecule has 0 atom stereocenters. The first-order valence-electron chi connectivity index (χ1n) is 12.7. The second kappa shape index (κ2) is 8.10. The molecule has 0 heterocycles. The molecule has 0 aliphatic heterocycles. The van der Waals surface area contributed by atoms with E-state index in [9.17, 15) is 0 Å². The molecule has 0 spiro atoms. The molecule has 0 heteroatoms. The Morgan fingerprint density at radius 2 is 1.06 bits per heavy atom. The summed E-state index contributed by atoms with van der Waals surface area (Å²) in [6, 6.07) is 38.8. The average molecular weight is 449 g/mol. The van der Waals surface area contributed by atoms with Crippen LogP contribution in [0, 0.1) is 6.92 Å². The van der Waals surface area contributed by atoms with E-state index in [-0.39, 0.29) is 0 Å². The van der Waals surface area contributed by atoms with E-state index in [1.165, 1.54) is 84.1 Å². The highest BCUT2D eigenvalue weighted by atomic mass is 14.2. The normalized spacial score (nSPS) is 12.7. The summed E-state index contributed by atoms with van der Waals surface area (Å²) >= 11 is 0. The SMILES string of the molecule is Cc1ccc2c(Cc3cccc4c(Cc5ccc6c7c(cccc57)CC6)cccc34)cccc2c1. The Morgan fingerprint density at radius 3 is 1.80 bits per heavy atom. The number of hydrogen-bond acceptors (Lipinski definition) is 0. The summed E-state index contributed by atoms with van der Waals surface area (Å²) in [5.41, 5.74) is 10.00. The van der Waals surface area contributed by atoms with Gasteiger partial charge < -0.3 is 0 Å². The second-order valence-corrected chi connectivity index (χ2v) is 10.1. The predicted octanol–water partition coefficient (Wildman–Crippen LogP) is 8.73. The molecule has 0 N–H and O–H groups in total. The third-order valence-corrected chi connectivity index (χ3v) is 7.96. The number of aryl methyl sites for hydroxylation is 3. The number of hydrogen-bond donors (Lipinski definition) is 0. The van der Waals surface area contributed by atoms with Gasteiger partial charge in [-0.1, -0.05) is 109 Å².